The topological polar surface area (TPSA) is 43.2 Å². The number of benzene rings is 2. The lowest BCUT2D eigenvalue weighted by molar-refractivity contribution is 0.0721. The Labute approximate surface area is 228 Å². The van der Waals surface area contributed by atoms with Crippen molar-refractivity contribution in [2.45, 2.75) is 44.1 Å². The van der Waals surface area contributed by atoms with E-state index in [2.05, 4.69) is 11.9 Å². The summed E-state index contributed by atoms with van der Waals surface area (Å²) >= 11 is 3.25. The van der Waals surface area contributed by atoms with Crippen molar-refractivity contribution in [1.29, 1.82) is 0 Å². The van der Waals surface area contributed by atoms with Crippen LogP contribution in [0.25, 0.3) is 0 Å². The zero-order valence-electron chi connectivity index (χ0n) is 21.4. The number of rotatable bonds is 3. The van der Waals surface area contributed by atoms with Crippen molar-refractivity contribution < 1.29 is 27.0 Å². The Morgan fingerprint density at radius 2 is 1.39 bits per heavy atom. The van der Waals surface area contributed by atoms with E-state index in [0.717, 1.165) is 21.9 Å². The Kier molecular flexibility index (Phi) is 7.97. The lowest BCUT2D eigenvalue weighted by Gasteiger charge is -2.35. The first kappa shape index (κ1) is 27.7. The van der Waals surface area contributed by atoms with Gasteiger partial charge in [-0.1, -0.05) is 30.3 Å². The molecule has 10 heteroatoms. The molecule has 0 N–H and O–H groups in total. The van der Waals surface area contributed by atoms with E-state index in [0.29, 0.717) is 17.9 Å². The second-order valence-corrected chi connectivity index (χ2v) is 12.5. The quantitative estimate of drug-likeness (QED) is 0.396. The first-order chi connectivity index (χ1) is 18.2. The van der Waals surface area contributed by atoms with Crippen molar-refractivity contribution in [3.8, 4) is 0 Å². The molecule has 2 fully saturated rings. The fourth-order valence-electron chi connectivity index (χ4n) is 5.91. The van der Waals surface area contributed by atoms with Gasteiger partial charge in [0.1, 0.15) is 23.6 Å². The molecule has 2 saturated heterocycles. The molecule has 0 aromatic heterocycles. The summed E-state index contributed by atoms with van der Waals surface area (Å²) in [7, 11) is 0. The van der Waals surface area contributed by atoms with Gasteiger partial charge in [0.25, 0.3) is 0 Å². The molecule has 0 radical (unpaired) electrons. The summed E-state index contributed by atoms with van der Waals surface area (Å²) in [5, 5.41) is 1.81. The van der Waals surface area contributed by atoms with Crippen molar-refractivity contribution >= 4 is 33.6 Å². The van der Waals surface area contributed by atoms with Crippen LogP contribution in [0.5, 0.6) is 0 Å². The van der Waals surface area contributed by atoms with Gasteiger partial charge in [-0.3, -0.25) is 9.98 Å². The monoisotopic (exact) mass is 566 g/mol. The highest BCUT2D eigenvalue weighted by Crippen LogP contribution is 2.49. The molecule has 0 saturated carbocycles. The summed E-state index contributed by atoms with van der Waals surface area (Å²) in [5.74, 6) is -0.483. The van der Waals surface area contributed by atoms with Crippen molar-refractivity contribution in [1.82, 2.24) is 0 Å². The predicted octanol–water partition coefficient (Wildman–Crippen LogP) is 6.53. The number of fused-ring (bicyclic) bond motifs is 2. The highest BCUT2D eigenvalue weighted by atomic mass is 32.2. The van der Waals surface area contributed by atoms with E-state index in [1.807, 2.05) is 26.0 Å². The van der Waals surface area contributed by atoms with Crippen LogP contribution in [0.3, 0.4) is 0 Å². The molecule has 6 atom stereocenters. The lowest BCUT2D eigenvalue weighted by atomic mass is 9.79. The zero-order valence-corrected chi connectivity index (χ0v) is 23.1. The molecule has 0 unspecified atom stereocenters. The van der Waals surface area contributed by atoms with Crippen LogP contribution >= 0.6 is 23.5 Å². The molecule has 4 aliphatic heterocycles. The van der Waals surface area contributed by atoms with Crippen LogP contribution < -0.4 is 0 Å². The lowest BCUT2D eigenvalue weighted by Crippen LogP contribution is -2.41. The first-order valence-corrected chi connectivity index (χ1v) is 14.6. The first-order valence-electron chi connectivity index (χ1n) is 12.6. The SMILES string of the molecule is CC1=N[C@@]2(c3cccc(F)c3F)CO[C@H](CF)[C@H]2CS1.CC1=N[C@@]2(c3ccccc3F)CO[C@H](C)[C@H]2CS1. The molecule has 4 nitrogen and oxygen atoms in total. The Balaban J connectivity index is 0.000000156. The highest BCUT2D eigenvalue weighted by Gasteiger charge is 2.54. The average Bonchev–Trinajstić information content (AvgIpc) is 3.44. The van der Waals surface area contributed by atoms with Gasteiger partial charge in [0, 0.05) is 34.5 Å². The van der Waals surface area contributed by atoms with Gasteiger partial charge in [-0.15, -0.1) is 23.5 Å². The summed E-state index contributed by atoms with van der Waals surface area (Å²) < 4.78 is 66.1. The van der Waals surface area contributed by atoms with Crippen LogP contribution in [-0.4, -0.2) is 53.7 Å². The summed E-state index contributed by atoms with van der Waals surface area (Å²) in [5.41, 5.74) is -0.671. The Morgan fingerprint density at radius 3 is 2.08 bits per heavy atom. The van der Waals surface area contributed by atoms with E-state index < -0.39 is 35.5 Å². The van der Waals surface area contributed by atoms with Gasteiger partial charge in [0.15, 0.2) is 11.6 Å². The van der Waals surface area contributed by atoms with Crippen molar-refractivity contribution in [2.75, 3.05) is 31.4 Å². The van der Waals surface area contributed by atoms with E-state index in [1.54, 1.807) is 17.8 Å². The van der Waals surface area contributed by atoms with E-state index in [1.165, 1.54) is 30.0 Å². The third-order valence-corrected chi connectivity index (χ3v) is 9.96. The third kappa shape index (κ3) is 4.71. The van der Waals surface area contributed by atoms with Gasteiger partial charge in [-0.2, -0.15) is 0 Å². The fourth-order valence-corrected chi connectivity index (χ4v) is 8.24. The number of aliphatic imine (C=N–C) groups is 2. The number of halogens is 4. The molecular weight excluding hydrogens is 536 g/mol. The van der Waals surface area contributed by atoms with Crippen LogP contribution in [0.4, 0.5) is 17.6 Å². The predicted molar refractivity (Wildman–Crippen MR) is 145 cm³/mol. The molecule has 0 spiro atoms. The number of nitrogens with zero attached hydrogens (tertiary/aromatic N) is 2. The minimum absolute atomic E-state index is 0.0878. The summed E-state index contributed by atoms with van der Waals surface area (Å²) in [6.45, 7) is 5.81. The molecule has 0 bridgehead atoms. The van der Waals surface area contributed by atoms with Crippen molar-refractivity contribution in [3.05, 3.63) is 71.0 Å². The minimum Gasteiger partial charge on any atom is -0.375 e. The maximum atomic E-state index is 14.2. The van der Waals surface area contributed by atoms with E-state index in [9.17, 15) is 17.6 Å². The smallest absolute Gasteiger partial charge is 0.164 e. The molecular formula is C28H30F4N2O2S2. The van der Waals surface area contributed by atoms with Gasteiger partial charge in [-0.25, -0.2) is 17.6 Å². The number of alkyl halides is 1. The van der Waals surface area contributed by atoms with Crippen LogP contribution in [-0.2, 0) is 20.6 Å². The second kappa shape index (κ2) is 10.9. The fraction of sp³-hybridized carbons (Fsp3) is 0.500. The molecule has 2 aromatic carbocycles. The highest BCUT2D eigenvalue weighted by molar-refractivity contribution is 8.14. The van der Waals surface area contributed by atoms with Gasteiger partial charge in [0.2, 0.25) is 0 Å². The normalized spacial score (nSPS) is 34.0. The van der Waals surface area contributed by atoms with E-state index in [4.69, 9.17) is 14.5 Å². The summed E-state index contributed by atoms with van der Waals surface area (Å²) in [4.78, 5) is 9.30. The number of thioether (sulfide) groups is 2. The second-order valence-electron chi connectivity index (χ2n) is 10.0. The van der Waals surface area contributed by atoms with Gasteiger partial charge in [-0.05, 0) is 32.9 Å². The summed E-state index contributed by atoms with van der Waals surface area (Å²) in [6, 6.07) is 11.0. The molecule has 204 valence electrons. The Hall–Kier alpha value is -1.88. The van der Waals surface area contributed by atoms with Crippen LogP contribution in [0.15, 0.2) is 52.4 Å². The molecule has 4 heterocycles. The molecule has 0 amide bonds. The number of hydrogen-bond donors (Lipinski definition) is 0. The number of hydrogen-bond acceptors (Lipinski definition) is 6. The maximum Gasteiger partial charge on any atom is 0.164 e. The van der Waals surface area contributed by atoms with Crippen molar-refractivity contribution in [2.24, 2.45) is 21.8 Å². The summed E-state index contributed by atoms with van der Waals surface area (Å²) in [6.07, 6.45) is -0.476. The maximum absolute atomic E-state index is 14.2. The standard InChI is InChI=1S/C14H14F3NOS.C14H16FNOS/c1-8-18-14(9-3-2-4-11(16)13(9)17)7-19-12(5-15)10(14)6-20-8;1-9-12-7-18-10(2)16-14(12,8-17-9)11-5-3-4-6-13(11)15/h2-4,10,12H,5-7H2,1H3;3-6,9,12H,7-8H2,1-2H3/t10-,12-,14-;9-,12-,14-/m11/s1. The van der Waals surface area contributed by atoms with E-state index >= 15 is 0 Å². The van der Waals surface area contributed by atoms with Gasteiger partial charge >= 0.3 is 0 Å². The largest absolute Gasteiger partial charge is 0.375 e. The Morgan fingerprint density at radius 1 is 0.816 bits per heavy atom. The average molecular weight is 567 g/mol. The molecule has 6 rings (SSSR count). The Bertz CT molecular complexity index is 1260. The van der Waals surface area contributed by atoms with Crippen LogP contribution in [0.1, 0.15) is 31.9 Å². The zero-order chi connectivity index (χ0) is 27.1. The van der Waals surface area contributed by atoms with Gasteiger partial charge < -0.3 is 9.47 Å². The van der Waals surface area contributed by atoms with Gasteiger partial charge in [0.05, 0.1) is 35.5 Å². The molecule has 4 aliphatic rings. The molecule has 2 aromatic rings. The third-order valence-electron chi connectivity index (χ3n) is 7.89. The molecule has 38 heavy (non-hydrogen) atoms. The van der Waals surface area contributed by atoms with Crippen LogP contribution in [0, 0.1) is 29.3 Å². The van der Waals surface area contributed by atoms with Crippen LogP contribution in [0.2, 0.25) is 0 Å². The van der Waals surface area contributed by atoms with E-state index in [-0.39, 0.29) is 35.9 Å². The number of ether oxygens (including phenoxy) is 2. The molecule has 0 aliphatic carbocycles. The minimum atomic E-state index is -1.00. The van der Waals surface area contributed by atoms with Crippen molar-refractivity contribution in [3.63, 3.8) is 0 Å².